The van der Waals surface area contributed by atoms with Crippen molar-refractivity contribution in [1.82, 2.24) is 10.2 Å². The fraction of sp³-hybridized carbons (Fsp3) is 0.933. The average Bonchev–Trinajstić information content (AvgIpc) is 2.39. The lowest BCUT2D eigenvalue weighted by atomic mass is 10.1. The van der Waals surface area contributed by atoms with Crippen molar-refractivity contribution in [3.05, 3.63) is 0 Å². The van der Waals surface area contributed by atoms with Gasteiger partial charge in [0, 0.05) is 6.54 Å². The molecule has 1 amide bonds. The Morgan fingerprint density at radius 2 is 1.61 bits per heavy atom. The third-order valence-electron chi connectivity index (χ3n) is 3.52. The van der Waals surface area contributed by atoms with Gasteiger partial charge in [0.1, 0.15) is 0 Å². The quantitative estimate of drug-likeness (QED) is 0.576. The SMILES string of the molecule is CCCCCCCNC(=O)C(CC)N(CC)CC. The van der Waals surface area contributed by atoms with E-state index in [2.05, 4.69) is 37.9 Å². The minimum Gasteiger partial charge on any atom is -0.355 e. The molecular weight excluding hydrogens is 224 g/mol. The Bertz CT molecular complexity index is 203. The summed E-state index contributed by atoms with van der Waals surface area (Å²) in [6, 6.07) is 0.0515. The van der Waals surface area contributed by atoms with Gasteiger partial charge < -0.3 is 5.32 Å². The molecule has 0 heterocycles. The Kier molecular flexibility index (Phi) is 11.2. The summed E-state index contributed by atoms with van der Waals surface area (Å²) >= 11 is 0. The Morgan fingerprint density at radius 1 is 1.00 bits per heavy atom. The number of rotatable bonds is 11. The molecule has 0 aromatic rings. The van der Waals surface area contributed by atoms with Crippen molar-refractivity contribution >= 4 is 5.91 Å². The van der Waals surface area contributed by atoms with Crippen molar-refractivity contribution in [3.8, 4) is 0 Å². The van der Waals surface area contributed by atoms with E-state index in [0.29, 0.717) is 0 Å². The van der Waals surface area contributed by atoms with Crippen LogP contribution in [0.3, 0.4) is 0 Å². The second-order valence-electron chi connectivity index (χ2n) is 4.85. The van der Waals surface area contributed by atoms with Crippen LogP contribution < -0.4 is 5.32 Å². The Morgan fingerprint density at radius 3 is 2.11 bits per heavy atom. The van der Waals surface area contributed by atoms with Crippen molar-refractivity contribution in [3.63, 3.8) is 0 Å². The molecule has 0 saturated carbocycles. The molecule has 0 aliphatic carbocycles. The van der Waals surface area contributed by atoms with Gasteiger partial charge in [0.05, 0.1) is 6.04 Å². The Balaban J connectivity index is 3.83. The smallest absolute Gasteiger partial charge is 0.237 e. The second-order valence-corrected chi connectivity index (χ2v) is 4.85. The predicted molar refractivity (Wildman–Crippen MR) is 78.8 cm³/mol. The summed E-state index contributed by atoms with van der Waals surface area (Å²) in [6.07, 6.45) is 7.11. The number of carbonyl (C=O) groups is 1. The standard InChI is InChI=1S/C15H32N2O/c1-5-9-10-11-12-13-16-15(18)14(6-2)17(7-3)8-4/h14H,5-13H2,1-4H3,(H,16,18). The van der Waals surface area contributed by atoms with Crippen molar-refractivity contribution in [2.45, 2.75) is 72.3 Å². The first-order chi connectivity index (χ1) is 8.71. The maximum Gasteiger partial charge on any atom is 0.237 e. The van der Waals surface area contributed by atoms with Crippen molar-refractivity contribution in [1.29, 1.82) is 0 Å². The normalized spacial score (nSPS) is 12.7. The second kappa shape index (κ2) is 11.5. The third kappa shape index (κ3) is 7.00. The van der Waals surface area contributed by atoms with Crippen LogP contribution >= 0.6 is 0 Å². The number of nitrogens with one attached hydrogen (secondary N) is 1. The van der Waals surface area contributed by atoms with Crippen molar-refractivity contribution < 1.29 is 4.79 Å². The van der Waals surface area contributed by atoms with Crippen LogP contribution in [0.5, 0.6) is 0 Å². The zero-order chi connectivity index (χ0) is 13.8. The van der Waals surface area contributed by atoms with Gasteiger partial charge in [-0.3, -0.25) is 9.69 Å². The highest BCUT2D eigenvalue weighted by Crippen LogP contribution is 2.05. The molecule has 108 valence electrons. The summed E-state index contributed by atoms with van der Waals surface area (Å²) in [6.45, 7) is 11.3. The monoisotopic (exact) mass is 256 g/mol. The molecule has 0 aromatic heterocycles. The molecule has 0 spiro atoms. The number of likely N-dealkylation sites (N-methyl/N-ethyl adjacent to an activating group) is 1. The van der Waals surface area contributed by atoms with E-state index >= 15 is 0 Å². The third-order valence-corrected chi connectivity index (χ3v) is 3.52. The highest BCUT2D eigenvalue weighted by Gasteiger charge is 2.20. The van der Waals surface area contributed by atoms with Gasteiger partial charge in [-0.1, -0.05) is 53.4 Å². The molecule has 0 saturated heterocycles. The van der Waals surface area contributed by atoms with Gasteiger partial charge in [-0.25, -0.2) is 0 Å². The maximum atomic E-state index is 12.1. The maximum absolute atomic E-state index is 12.1. The fourth-order valence-electron chi connectivity index (χ4n) is 2.33. The first-order valence-electron chi connectivity index (χ1n) is 7.72. The molecule has 0 aliphatic heterocycles. The molecule has 0 fully saturated rings. The Hall–Kier alpha value is -0.570. The van der Waals surface area contributed by atoms with Gasteiger partial charge in [0.2, 0.25) is 5.91 Å². The van der Waals surface area contributed by atoms with Crippen LogP contribution in [0, 0.1) is 0 Å². The summed E-state index contributed by atoms with van der Waals surface area (Å²) in [4.78, 5) is 14.3. The van der Waals surface area contributed by atoms with Crippen molar-refractivity contribution in [2.24, 2.45) is 0 Å². The molecule has 1 atom stereocenters. The number of nitrogens with zero attached hydrogens (tertiary/aromatic N) is 1. The van der Waals surface area contributed by atoms with Crippen LogP contribution in [0.25, 0.3) is 0 Å². The molecule has 0 aromatic carbocycles. The average molecular weight is 256 g/mol. The number of hydrogen-bond donors (Lipinski definition) is 1. The van der Waals surface area contributed by atoms with Crippen LogP contribution in [0.4, 0.5) is 0 Å². The van der Waals surface area contributed by atoms with E-state index < -0.39 is 0 Å². The summed E-state index contributed by atoms with van der Waals surface area (Å²) in [5.74, 6) is 0.205. The fourth-order valence-corrected chi connectivity index (χ4v) is 2.33. The van der Waals surface area contributed by atoms with E-state index in [1.807, 2.05) is 0 Å². The first kappa shape index (κ1) is 17.4. The van der Waals surface area contributed by atoms with Crippen molar-refractivity contribution in [2.75, 3.05) is 19.6 Å². The topological polar surface area (TPSA) is 32.3 Å². The number of carbonyl (C=O) groups excluding carboxylic acids is 1. The zero-order valence-electron chi connectivity index (χ0n) is 12.8. The van der Waals surface area contributed by atoms with Gasteiger partial charge in [0.25, 0.3) is 0 Å². The van der Waals surface area contributed by atoms with Gasteiger partial charge in [-0.2, -0.15) is 0 Å². The van der Waals surface area contributed by atoms with Crippen LogP contribution in [0.15, 0.2) is 0 Å². The van der Waals surface area contributed by atoms with Crippen LogP contribution in [-0.4, -0.2) is 36.5 Å². The van der Waals surface area contributed by atoms with Crippen LogP contribution in [-0.2, 0) is 4.79 Å². The van der Waals surface area contributed by atoms with Crippen LogP contribution in [0.2, 0.25) is 0 Å². The van der Waals surface area contributed by atoms with E-state index in [-0.39, 0.29) is 11.9 Å². The molecule has 0 aliphatic rings. The molecule has 3 nitrogen and oxygen atoms in total. The molecule has 1 unspecified atom stereocenters. The first-order valence-corrected chi connectivity index (χ1v) is 7.72. The minimum absolute atomic E-state index is 0.0515. The summed E-state index contributed by atoms with van der Waals surface area (Å²) in [5, 5.41) is 3.08. The Labute approximate surface area is 113 Å². The van der Waals surface area contributed by atoms with Gasteiger partial charge >= 0.3 is 0 Å². The summed E-state index contributed by atoms with van der Waals surface area (Å²) in [5.41, 5.74) is 0. The van der Waals surface area contributed by atoms with E-state index in [4.69, 9.17) is 0 Å². The van der Waals surface area contributed by atoms with Crippen LogP contribution in [0.1, 0.15) is 66.2 Å². The lowest BCUT2D eigenvalue weighted by Crippen LogP contribution is -2.46. The highest BCUT2D eigenvalue weighted by atomic mass is 16.2. The van der Waals surface area contributed by atoms with E-state index in [0.717, 1.165) is 32.5 Å². The number of unbranched alkanes of at least 4 members (excludes halogenated alkanes) is 4. The number of amides is 1. The molecule has 0 rings (SSSR count). The van der Waals surface area contributed by atoms with E-state index in [9.17, 15) is 4.79 Å². The van der Waals surface area contributed by atoms with E-state index in [1.165, 1.54) is 25.7 Å². The number of hydrogen-bond acceptors (Lipinski definition) is 2. The molecule has 0 radical (unpaired) electrons. The lowest BCUT2D eigenvalue weighted by Gasteiger charge is -2.27. The highest BCUT2D eigenvalue weighted by molar-refractivity contribution is 5.81. The molecule has 1 N–H and O–H groups in total. The summed E-state index contributed by atoms with van der Waals surface area (Å²) < 4.78 is 0. The zero-order valence-corrected chi connectivity index (χ0v) is 12.8. The van der Waals surface area contributed by atoms with Gasteiger partial charge in [-0.15, -0.1) is 0 Å². The largest absolute Gasteiger partial charge is 0.355 e. The molecule has 18 heavy (non-hydrogen) atoms. The predicted octanol–water partition coefficient (Wildman–Crippen LogP) is 3.19. The molecule has 0 bridgehead atoms. The van der Waals surface area contributed by atoms with Gasteiger partial charge in [-0.05, 0) is 25.9 Å². The molecular formula is C15H32N2O. The molecule has 3 heteroatoms. The minimum atomic E-state index is 0.0515. The summed E-state index contributed by atoms with van der Waals surface area (Å²) in [7, 11) is 0. The van der Waals surface area contributed by atoms with E-state index in [1.54, 1.807) is 0 Å². The lowest BCUT2D eigenvalue weighted by molar-refractivity contribution is -0.126. The van der Waals surface area contributed by atoms with Gasteiger partial charge in [0.15, 0.2) is 0 Å².